The monoisotopic (exact) mass is 396 g/mol. The van der Waals surface area contributed by atoms with Crippen LogP contribution in [0, 0.1) is 0 Å². The van der Waals surface area contributed by atoms with Gasteiger partial charge in [0.25, 0.3) is 0 Å². The smallest absolute Gasteiger partial charge is 0.337 e. The van der Waals surface area contributed by atoms with Gasteiger partial charge in [-0.15, -0.1) is 0 Å². The van der Waals surface area contributed by atoms with Gasteiger partial charge in [-0.1, -0.05) is 12.1 Å². The molecule has 5 rings (SSSR count). The number of aromatic nitrogens is 1. The number of nitrogens with one attached hydrogen (secondary N) is 1. The number of nitrogen functional groups attached to an aromatic ring is 1. The Labute approximate surface area is 174 Å². The number of rotatable bonds is 3. The highest BCUT2D eigenvalue weighted by molar-refractivity contribution is 6.22. The molecule has 0 fully saturated rings. The Kier molecular flexibility index (Phi) is 4.32. The van der Waals surface area contributed by atoms with E-state index in [0.717, 1.165) is 39.2 Å². The topological polar surface area (TPSA) is 89.6 Å². The summed E-state index contributed by atoms with van der Waals surface area (Å²) in [6, 6.07) is 17.4. The lowest BCUT2D eigenvalue weighted by Gasteiger charge is -2.27. The number of carbonyl (C=O) groups excluding carboxylic acids is 1. The fourth-order valence-electron chi connectivity index (χ4n) is 4.21. The van der Waals surface area contributed by atoms with Crippen LogP contribution < -0.4 is 11.1 Å². The van der Waals surface area contributed by atoms with E-state index < -0.39 is 0 Å². The van der Waals surface area contributed by atoms with Crippen LogP contribution in [-0.2, 0) is 4.74 Å². The number of allylic oxidation sites excluding steroid dienone is 1. The van der Waals surface area contributed by atoms with Crippen LogP contribution in [0.2, 0.25) is 0 Å². The van der Waals surface area contributed by atoms with Gasteiger partial charge in [0.05, 0.1) is 18.6 Å². The molecule has 2 atom stereocenters. The number of hydrogen-bond donors (Lipinski definition) is 2. The number of methoxy groups -OCH3 is 1. The first-order valence-electron chi connectivity index (χ1n) is 9.68. The molecule has 2 aliphatic rings. The number of nitrogens with zero attached hydrogens (tertiary/aromatic N) is 2. The maximum Gasteiger partial charge on any atom is 0.337 e. The number of carbonyl (C=O) groups is 1. The molecule has 0 radical (unpaired) electrons. The summed E-state index contributed by atoms with van der Waals surface area (Å²) in [5.74, 6) is -0.335. The standard InChI is InChI=1S/C24H20N4O2/c1-30-24(29)16-4-2-14(3-5-16)19-13-27-23-22(21(19)15-8-10-26-11-9-15)18-12-17(25)6-7-20(18)28-23/h2-13,22-23,28H,25H2,1H3. The Morgan fingerprint density at radius 2 is 1.80 bits per heavy atom. The van der Waals surface area contributed by atoms with Gasteiger partial charge in [-0.25, -0.2) is 4.79 Å². The van der Waals surface area contributed by atoms with Crippen LogP contribution >= 0.6 is 0 Å². The number of fused-ring (bicyclic) bond motifs is 3. The quantitative estimate of drug-likeness (QED) is 0.516. The number of dihydropyridines is 1. The summed E-state index contributed by atoms with van der Waals surface area (Å²) in [5, 5.41) is 3.50. The predicted octanol–water partition coefficient (Wildman–Crippen LogP) is 3.98. The highest BCUT2D eigenvalue weighted by atomic mass is 16.5. The molecule has 6 heteroatoms. The van der Waals surface area contributed by atoms with Gasteiger partial charge in [0.2, 0.25) is 0 Å². The van der Waals surface area contributed by atoms with Crippen molar-refractivity contribution in [1.29, 1.82) is 0 Å². The first-order chi connectivity index (χ1) is 14.7. The third kappa shape index (κ3) is 2.93. The minimum Gasteiger partial charge on any atom is -0.465 e. The first-order valence-corrected chi connectivity index (χ1v) is 9.68. The van der Waals surface area contributed by atoms with E-state index in [2.05, 4.69) is 10.3 Å². The molecule has 0 bridgehead atoms. The molecule has 3 aromatic rings. The van der Waals surface area contributed by atoms with Crippen molar-refractivity contribution >= 4 is 34.7 Å². The molecule has 148 valence electrons. The number of hydrogen-bond acceptors (Lipinski definition) is 6. The van der Waals surface area contributed by atoms with Gasteiger partial charge in [-0.2, -0.15) is 0 Å². The lowest BCUT2D eigenvalue weighted by atomic mass is 9.80. The van der Waals surface area contributed by atoms with Gasteiger partial charge in [-0.05, 0) is 64.7 Å². The fourth-order valence-corrected chi connectivity index (χ4v) is 4.21. The number of aliphatic imine (C=N–C) groups is 1. The number of benzene rings is 2. The Balaban J connectivity index is 1.69. The first kappa shape index (κ1) is 18.1. The molecule has 2 unspecified atom stereocenters. The van der Waals surface area contributed by atoms with Gasteiger partial charge >= 0.3 is 5.97 Å². The lowest BCUT2D eigenvalue weighted by molar-refractivity contribution is 0.0600. The Morgan fingerprint density at radius 3 is 2.53 bits per heavy atom. The van der Waals surface area contributed by atoms with Crippen LogP contribution in [-0.4, -0.2) is 30.4 Å². The van der Waals surface area contributed by atoms with E-state index >= 15 is 0 Å². The van der Waals surface area contributed by atoms with Crippen molar-refractivity contribution in [2.75, 3.05) is 18.2 Å². The van der Waals surface area contributed by atoms with Crippen LogP contribution in [0.5, 0.6) is 0 Å². The zero-order valence-electron chi connectivity index (χ0n) is 16.4. The van der Waals surface area contributed by atoms with E-state index in [-0.39, 0.29) is 18.1 Å². The van der Waals surface area contributed by atoms with Crippen LogP contribution in [0.25, 0.3) is 11.1 Å². The van der Waals surface area contributed by atoms with Crippen molar-refractivity contribution in [3.63, 3.8) is 0 Å². The molecule has 0 saturated heterocycles. The molecule has 0 spiro atoms. The Hall–Kier alpha value is -3.93. The second-order valence-corrected chi connectivity index (χ2v) is 7.32. The van der Waals surface area contributed by atoms with E-state index in [0.29, 0.717) is 5.56 Å². The van der Waals surface area contributed by atoms with E-state index in [1.54, 1.807) is 24.5 Å². The predicted molar refractivity (Wildman–Crippen MR) is 118 cm³/mol. The van der Waals surface area contributed by atoms with Crippen molar-refractivity contribution < 1.29 is 9.53 Å². The molecule has 0 saturated carbocycles. The normalized spacial score (nSPS) is 19.1. The van der Waals surface area contributed by atoms with Crippen LogP contribution in [0.4, 0.5) is 11.4 Å². The summed E-state index contributed by atoms with van der Waals surface area (Å²) in [4.78, 5) is 20.8. The highest BCUT2D eigenvalue weighted by Gasteiger charge is 2.38. The third-order valence-electron chi connectivity index (χ3n) is 5.60. The minimum absolute atomic E-state index is 0.0196. The van der Waals surface area contributed by atoms with Gasteiger partial charge in [0, 0.05) is 35.6 Å². The maximum atomic E-state index is 11.8. The molecule has 2 aliphatic heterocycles. The van der Waals surface area contributed by atoms with E-state index in [9.17, 15) is 4.79 Å². The van der Waals surface area contributed by atoms with Gasteiger partial charge in [-0.3, -0.25) is 9.98 Å². The molecule has 30 heavy (non-hydrogen) atoms. The molecule has 2 aromatic carbocycles. The third-order valence-corrected chi connectivity index (χ3v) is 5.60. The Bertz CT molecular complexity index is 1180. The molecule has 1 aromatic heterocycles. The summed E-state index contributed by atoms with van der Waals surface area (Å²) in [7, 11) is 1.38. The average molecular weight is 396 g/mol. The van der Waals surface area contributed by atoms with Crippen LogP contribution in [0.3, 0.4) is 0 Å². The number of ether oxygens (including phenoxy) is 1. The second-order valence-electron chi connectivity index (χ2n) is 7.32. The summed E-state index contributed by atoms with van der Waals surface area (Å²) in [6.07, 6.45) is 5.41. The molecule has 0 aliphatic carbocycles. The lowest BCUT2D eigenvalue weighted by Crippen LogP contribution is -2.23. The van der Waals surface area contributed by atoms with E-state index in [1.165, 1.54) is 7.11 Å². The molecule has 3 heterocycles. The van der Waals surface area contributed by atoms with Crippen molar-refractivity contribution in [1.82, 2.24) is 4.98 Å². The van der Waals surface area contributed by atoms with Crippen molar-refractivity contribution in [3.8, 4) is 0 Å². The summed E-state index contributed by atoms with van der Waals surface area (Å²) >= 11 is 0. The average Bonchev–Trinajstić information content (AvgIpc) is 3.16. The molecular weight excluding hydrogens is 376 g/mol. The largest absolute Gasteiger partial charge is 0.465 e. The molecule has 6 nitrogen and oxygen atoms in total. The molecule has 0 amide bonds. The SMILES string of the molecule is COC(=O)c1ccc(C2=C(c3ccncc3)C3c4cc(N)ccc4NC3N=C2)cc1. The van der Waals surface area contributed by atoms with Crippen molar-refractivity contribution in [2.24, 2.45) is 4.99 Å². The Morgan fingerprint density at radius 1 is 1.03 bits per heavy atom. The maximum absolute atomic E-state index is 11.8. The zero-order chi connectivity index (χ0) is 20.7. The van der Waals surface area contributed by atoms with Crippen molar-refractivity contribution in [2.45, 2.75) is 12.1 Å². The summed E-state index contributed by atoms with van der Waals surface area (Å²) in [6.45, 7) is 0. The van der Waals surface area contributed by atoms with E-state index in [1.807, 2.05) is 48.7 Å². The summed E-state index contributed by atoms with van der Waals surface area (Å²) < 4.78 is 4.81. The minimum atomic E-state index is -0.355. The fraction of sp³-hybridized carbons (Fsp3) is 0.125. The summed E-state index contributed by atoms with van der Waals surface area (Å²) in [5.41, 5.74) is 13.7. The van der Waals surface area contributed by atoms with Crippen LogP contribution in [0.15, 0.2) is 72.0 Å². The zero-order valence-corrected chi connectivity index (χ0v) is 16.4. The van der Waals surface area contributed by atoms with Gasteiger partial charge in [0.1, 0.15) is 6.17 Å². The number of anilines is 2. The number of nitrogens with two attached hydrogens (primary N) is 1. The van der Waals surface area contributed by atoms with Gasteiger partial charge in [0.15, 0.2) is 0 Å². The molecular formula is C24H20N4O2. The van der Waals surface area contributed by atoms with E-state index in [4.69, 9.17) is 15.5 Å². The van der Waals surface area contributed by atoms with Crippen molar-refractivity contribution in [3.05, 3.63) is 89.2 Å². The van der Waals surface area contributed by atoms with Gasteiger partial charge < -0.3 is 15.8 Å². The number of pyridine rings is 1. The molecule has 3 N–H and O–H groups in total. The highest BCUT2D eigenvalue weighted by Crippen LogP contribution is 2.49. The number of esters is 1. The second kappa shape index (κ2) is 7.15. The van der Waals surface area contributed by atoms with Crippen LogP contribution in [0.1, 0.15) is 33.0 Å².